The maximum Gasteiger partial charge on any atom is -0.00927 e. The van der Waals surface area contributed by atoms with Crippen molar-refractivity contribution in [1.82, 2.24) is 0 Å². The van der Waals surface area contributed by atoms with E-state index in [1.54, 1.807) is 12.8 Å². The molecule has 0 amide bonds. The first-order chi connectivity index (χ1) is 11.3. The van der Waals surface area contributed by atoms with E-state index < -0.39 is 0 Å². The summed E-state index contributed by atoms with van der Waals surface area (Å²) in [6.07, 6.45) is 24.8. The predicted octanol–water partition coefficient (Wildman–Crippen LogP) is 7.54. The monoisotopic (exact) mass is 316 g/mol. The zero-order valence-electron chi connectivity index (χ0n) is 15.7. The Morgan fingerprint density at radius 1 is 0.826 bits per heavy atom. The molecule has 0 spiro atoms. The Labute approximate surface area is 145 Å². The predicted molar refractivity (Wildman–Crippen MR) is 102 cm³/mol. The molecule has 132 valence electrons. The molecule has 3 rings (SSSR count). The topological polar surface area (TPSA) is 0 Å². The van der Waals surface area contributed by atoms with Crippen molar-refractivity contribution in [2.24, 2.45) is 29.1 Å². The van der Waals surface area contributed by atoms with Crippen LogP contribution in [0.5, 0.6) is 0 Å². The van der Waals surface area contributed by atoms with Gasteiger partial charge >= 0.3 is 0 Å². The molecule has 0 N–H and O–H groups in total. The smallest absolute Gasteiger partial charge is 0.00927 e. The van der Waals surface area contributed by atoms with Crippen LogP contribution in [0.15, 0.2) is 12.7 Å². The summed E-state index contributed by atoms with van der Waals surface area (Å²) in [6.45, 7) is 6.62. The van der Waals surface area contributed by atoms with E-state index in [0.29, 0.717) is 5.41 Å². The molecular weight excluding hydrogens is 276 g/mol. The summed E-state index contributed by atoms with van der Waals surface area (Å²) in [7, 11) is 0. The van der Waals surface area contributed by atoms with Gasteiger partial charge in [0.1, 0.15) is 0 Å². The molecule has 0 aromatic carbocycles. The zero-order valence-corrected chi connectivity index (χ0v) is 15.7. The molecule has 0 nitrogen and oxygen atoms in total. The molecule has 3 aliphatic rings. The third-order valence-electron chi connectivity index (χ3n) is 8.03. The van der Waals surface area contributed by atoms with E-state index in [4.69, 9.17) is 0 Å². The highest BCUT2D eigenvalue weighted by Gasteiger charge is 2.40. The van der Waals surface area contributed by atoms with E-state index >= 15 is 0 Å². The van der Waals surface area contributed by atoms with Crippen molar-refractivity contribution < 1.29 is 0 Å². The zero-order chi connectivity index (χ0) is 16.1. The second-order valence-corrected chi connectivity index (χ2v) is 9.18. The lowest BCUT2D eigenvalue weighted by Crippen LogP contribution is -2.35. The fourth-order valence-corrected chi connectivity index (χ4v) is 6.51. The highest BCUT2D eigenvalue weighted by molar-refractivity contribution is 5.02. The molecule has 3 saturated carbocycles. The summed E-state index contributed by atoms with van der Waals surface area (Å²) in [6, 6.07) is 0. The fraction of sp³-hybridized carbons (Fsp3) is 0.913. The molecule has 3 fully saturated rings. The van der Waals surface area contributed by atoms with Crippen molar-refractivity contribution in [3.05, 3.63) is 12.7 Å². The Bertz CT molecular complexity index is 346. The van der Waals surface area contributed by atoms with Crippen LogP contribution in [0.4, 0.5) is 0 Å². The highest BCUT2D eigenvalue weighted by atomic mass is 14.4. The van der Waals surface area contributed by atoms with E-state index in [2.05, 4.69) is 19.6 Å². The standard InChI is InChI=1S/C23H40/c1-3-8-19-9-11-20(12-10-19)21-13-15-22(16-14-21)23(4-2)17-6-5-7-18-23/h4,19-22H,2-3,5-18H2,1H3. The van der Waals surface area contributed by atoms with Gasteiger partial charge in [-0.2, -0.15) is 0 Å². The fourth-order valence-electron chi connectivity index (χ4n) is 6.51. The van der Waals surface area contributed by atoms with Crippen LogP contribution in [-0.4, -0.2) is 0 Å². The van der Waals surface area contributed by atoms with Gasteiger partial charge in [0.25, 0.3) is 0 Å². The first kappa shape index (κ1) is 17.6. The molecule has 0 saturated heterocycles. The second kappa shape index (κ2) is 8.21. The van der Waals surface area contributed by atoms with E-state index in [1.165, 1.54) is 83.5 Å². The van der Waals surface area contributed by atoms with Crippen molar-refractivity contribution in [3.8, 4) is 0 Å². The first-order valence-corrected chi connectivity index (χ1v) is 10.9. The molecule has 0 aliphatic heterocycles. The summed E-state index contributed by atoms with van der Waals surface area (Å²) in [4.78, 5) is 0. The van der Waals surface area contributed by atoms with Gasteiger partial charge in [-0.15, -0.1) is 6.58 Å². The van der Waals surface area contributed by atoms with Crippen LogP contribution in [0.25, 0.3) is 0 Å². The summed E-state index contributed by atoms with van der Waals surface area (Å²) < 4.78 is 0. The van der Waals surface area contributed by atoms with Crippen LogP contribution in [0.3, 0.4) is 0 Å². The van der Waals surface area contributed by atoms with E-state index in [1.807, 2.05) is 0 Å². The normalized spacial score (nSPS) is 38.1. The lowest BCUT2D eigenvalue weighted by Gasteiger charge is -2.46. The van der Waals surface area contributed by atoms with Gasteiger partial charge in [-0.25, -0.2) is 0 Å². The van der Waals surface area contributed by atoms with Crippen molar-refractivity contribution >= 4 is 0 Å². The molecule has 23 heavy (non-hydrogen) atoms. The number of hydrogen-bond acceptors (Lipinski definition) is 0. The quantitative estimate of drug-likeness (QED) is 0.460. The largest absolute Gasteiger partial charge is 0.103 e. The third-order valence-corrected chi connectivity index (χ3v) is 8.03. The maximum absolute atomic E-state index is 4.27. The average molecular weight is 317 g/mol. The van der Waals surface area contributed by atoms with Crippen LogP contribution in [0.1, 0.15) is 103 Å². The lowest BCUT2D eigenvalue weighted by molar-refractivity contribution is 0.0737. The van der Waals surface area contributed by atoms with Crippen LogP contribution in [-0.2, 0) is 0 Å². The Hall–Kier alpha value is -0.260. The van der Waals surface area contributed by atoms with E-state index in [9.17, 15) is 0 Å². The Morgan fingerprint density at radius 2 is 1.39 bits per heavy atom. The minimum atomic E-state index is 0.530. The van der Waals surface area contributed by atoms with Gasteiger partial charge in [0.05, 0.1) is 0 Å². The van der Waals surface area contributed by atoms with Gasteiger partial charge in [-0.05, 0) is 80.5 Å². The van der Waals surface area contributed by atoms with Crippen LogP contribution < -0.4 is 0 Å². The Morgan fingerprint density at radius 3 is 1.91 bits per heavy atom. The van der Waals surface area contributed by atoms with Crippen LogP contribution >= 0.6 is 0 Å². The van der Waals surface area contributed by atoms with Gasteiger partial charge in [0.2, 0.25) is 0 Å². The molecular formula is C23H40. The Kier molecular flexibility index (Phi) is 6.27. The number of rotatable bonds is 5. The number of hydrogen-bond donors (Lipinski definition) is 0. The van der Waals surface area contributed by atoms with Gasteiger partial charge in [-0.3, -0.25) is 0 Å². The summed E-state index contributed by atoms with van der Waals surface area (Å²) in [5.74, 6) is 4.18. The molecule has 0 atom stereocenters. The SMILES string of the molecule is C=CC1(C2CCC(C3CCC(CCC)CC3)CC2)CCCCC1. The van der Waals surface area contributed by atoms with Gasteiger partial charge in [0.15, 0.2) is 0 Å². The lowest BCUT2D eigenvalue weighted by atomic mass is 9.59. The molecule has 0 radical (unpaired) electrons. The third kappa shape index (κ3) is 4.05. The summed E-state index contributed by atoms with van der Waals surface area (Å²) in [5, 5.41) is 0. The van der Waals surface area contributed by atoms with Crippen molar-refractivity contribution in [3.63, 3.8) is 0 Å². The minimum Gasteiger partial charge on any atom is -0.103 e. The second-order valence-electron chi connectivity index (χ2n) is 9.18. The van der Waals surface area contributed by atoms with Crippen LogP contribution in [0, 0.1) is 29.1 Å². The molecule has 0 heteroatoms. The Balaban J connectivity index is 1.48. The molecule has 0 aromatic rings. The first-order valence-electron chi connectivity index (χ1n) is 10.9. The van der Waals surface area contributed by atoms with E-state index in [0.717, 1.165) is 23.7 Å². The number of allylic oxidation sites excluding steroid dienone is 1. The van der Waals surface area contributed by atoms with Crippen LogP contribution in [0.2, 0.25) is 0 Å². The highest BCUT2D eigenvalue weighted by Crippen LogP contribution is 2.51. The van der Waals surface area contributed by atoms with Gasteiger partial charge in [0, 0.05) is 0 Å². The molecule has 0 aromatic heterocycles. The van der Waals surface area contributed by atoms with Crippen molar-refractivity contribution in [2.45, 2.75) is 103 Å². The van der Waals surface area contributed by atoms with Crippen molar-refractivity contribution in [2.75, 3.05) is 0 Å². The maximum atomic E-state index is 4.27. The summed E-state index contributed by atoms with van der Waals surface area (Å²) >= 11 is 0. The van der Waals surface area contributed by atoms with Crippen molar-refractivity contribution in [1.29, 1.82) is 0 Å². The average Bonchev–Trinajstić information content (AvgIpc) is 2.63. The van der Waals surface area contributed by atoms with Gasteiger partial charge in [-0.1, -0.05) is 57.9 Å². The molecule has 0 heterocycles. The summed E-state index contributed by atoms with van der Waals surface area (Å²) in [5.41, 5.74) is 0.530. The molecule has 0 unspecified atom stereocenters. The van der Waals surface area contributed by atoms with Gasteiger partial charge < -0.3 is 0 Å². The molecule has 0 bridgehead atoms. The van der Waals surface area contributed by atoms with E-state index in [-0.39, 0.29) is 0 Å². The minimum absolute atomic E-state index is 0.530. The molecule has 3 aliphatic carbocycles.